The average molecular weight is 190 g/mol. The summed E-state index contributed by atoms with van der Waals surface area (Å²) in [4.78, 5) is 1.27. The number of rotatable bonds is 4. The minimum atomic E-state index is 0.183. The molecule has 0 aliphatic carbocycles. The summed E-state index contributed by atoms with van der Waals surface area (Å²) in [6, 6.07) is 4.12. The molecule has 3 heteroatoms. The van der Waals surface area contributed by atoms with E-state index in [9.17, 15) is 0 Å². The zero-order valence-corrected chi connectivity index (χ0v) is 8.08. The van der Waals surface area contributed by atoms with E-state index in [1.807, 2.05) is 13.1 Å². The standard InChI is InChI=1S/C8H12ClNS/c1-10-5-4-7(9)8-3-2-6-11-8/h2-3,6-7,10H,4-5H2,1H3. The van der Waals surface area contributed by atoms with Crippen molar-refractivity contribution in [2.75, 3.05) is 13.6 Å². The van der Waals surface area contributed by atoms with E-state index in [2.05, 4.69) is 16.8 Å². The molecule has 0 amide bonds. The lowest BCUT2D eigenvalue weighted by molar-refractivity contribution is 0.715. The summed E-state index contributed by atoms with van der Waals surface area (Å²) in [6.07, 6.45) is 0.999. The molecule has 62 valence electrons. The normalized spacial score (nSPS) is 13.3. The van der Waals surface area contributed by atoms with Crippen molar-refractivity contribution in [3.63, 3.8) is 0 Å². The predicted octanol–water partition coefficient (Wildman–Crippen LogP) is 2.64. The van der Waals surface area contributed by atoms with Crippen molar-refractivity contribution in [2.24, 2.45) is 0 Å². The first-order chi connectivity index (χ1) is 5.34. The van der Waals surface area contributed by atoms with E-state index in [1.54, 1.807) is 11.3 Å². The summed E-state index contributed by atoms with van der Waals surface area (Å²) in [5.41, 5.74) is 0. The fraction of sp³-hybridized carbons (Fsp3) is 0.500. The van der Waals surface area contributed by atoms with Gasteiger partial charge in [-0.05, 0) is 31.5 Å². The lowest BCUT2D eigenvalue weighted by Gasteiger charge is -2.05. The van der Waals surface area contributed by atoms with Crippen molar-refractivity contribution >= 4 is 22.9 Å². The Bertz CT molecular complexity index is 186. The molecule has 0 aromatic carbocycles. The maximum absolute atomic E-state index is 6.10. The third kappa shape index (κ3) is 2.81. The summed E-state index contributed by atoms with van der Waals surface area (Å²) >= 11 is 7.82. The van der Waals surface area contributed by atoms with Gasteiger partial charge in [-0.25, -0.2) is 0 Å². The van der Waals surface area contributed by atoms with Crippen LogP contribution in [0.1, 0.15) is 16.7 Å². The highest BCUT2D eigenvalue weighted by Crippen LogP contribution is 2.27. The van der Waals surface area contributed by atoms with Crippen LogP contribution in [-0.4, -0.2) is 13.6 Å². The van der Waals surface area contributed by atoms with Crippen LogP contribution in [0.4, 0.5) is 0 Å². The Balaban J connectivity index is 2.36. The number of hydrogen-bond acceptors (Lipinski definition) is 2. The molecule has 1 unspecified atom stereocenters. The van der Waals surface area contributed by atoms with Crippen molar-refractivity contribution in [1.82, 2.24) is 5.32 Å². The number of alkyl halides is 1. The maximum atomic E-state index is 6.10. The molecule has 0 spiro atoms. The van der Waals surface area contributed by atoms with E-state index in [1.165, 1.54) is 4.88 Å². The predicted molar refractivity (Wildman–Crippen MR) is 51.5 cm³/mol. The van der Waals surface area contributed by atoms with Gasteiger partial charge in [0.2, 0.25) is 0 Å². The molecule has 1 rings (SSSR count). The molecule has 1 atom stereocenters. The maximum Gasteiger partial charge on any atom is 0.0690 e. The molecular weight excluding hydrogens is 178 g/mol. The summed E-state index contributed by atoms with van der Waals surface area (Å²) in [5.74, 6) is 0. The van der Waals surface area contributed by atoms with E-state index < -0.39 is 0 Å². The Hall–Kier alpha value is -0.0500. The van der Waals surface area contributed by atoms with Crippen LogP contribution in [0.2, 0.25) is 0 Å². The number of hydrogen-bond donors (Lipinski definition) is 1. The molecule has 1 aromatic rings. The Morgan fingerprint density at radius 3 is 3.09 bits per heavy atom. The Labute approximate surface area is 76.4 Å². The lowest BCUT2D eigenvalue weighted by atomic mass is 10.2. The van der Waals surface area contributed by atoms with E-state index in [0.29, 0.717) is 0 Å². The lowest BCUT2D eigenvalue weighted by Crippen LogP contribution is -2.09. The molecule has 1 N–H and O–H groups in total. The molecule has 0 fully saturated rings. The van der Waals surface area contributed by atoms with Crippen LogP contribution in [-0.2, 0) is 0 Å². The zero-order valence-electron chi connectivity index (χ0n) is 6.51. The second kappa shape index (κ2) is 4.75. The zero-order chi connectivity index (χ0) is 8.10. The van der Waals surface area contributed by atoms with Crippen LogP contribution < -0.4 is 5.32 Å². The van der Waals surface area contributed by atoms with Gasteiger partial charge in [0.15, 0.2) is 0 Å². The molecule has 0 aliphatic heterocycles. The number of thiophene rings is 1. The van der Waals surface area contributed by atoms with Crippen LogP contribution >= 0.6 is 22.9 Å². The largest absolute Gasteiger partial charge is 0.320 e. The van der Waals surface area contributed by atoms with Gasteiger partial charge >= 0.3 is 0 Å². The van der Waals surface area contributed by atoms with Gasteiger partial charge in [-0.15, -0.1) is 22.9 Å². The first-order valence-electron chi connectivity index (χ1n) is 3.66. The van der Waals surface area contributed by atoms with E-state index in [0.717, 1.165) is 13.0 Å². The number of nitrogens with one attached hydrogen (secondary N) is 1. The van der Waals surface area contributed by atoms with Gasteiger partial charge in [-0.1, -0.05) is 6.07 Å². The SMILES string of the molecule is CNCCC(Cl)c1cccs1. The van der Waals surface area contributed by atoms with Crippen LogP contribution in [0.3, 0.4) is 0 Å². The van der Waals surface area contributed by atoms with Crippen LogP contribution in [0.15, 0.2) is 17.5 Å². The van der Waals surface area contributed by atoms with Gasteiger partial charge < -0.3 is 5.32 Å². The molecule has 1 aromatic heterocycles. The van der Waals surface area contributed by atoms with Crippen molar-refractivity contribution in [3.8, 4) is 0 Å². The highest BCUT2D eigenvalue weighted by atomic mass is 35.5. The molecule has 0 aliphatic rings. The van der Waals surface area contributed by atoms with Crippen molar-refractivity contribution < 1.29 is 0 Å². The van der Waals surface area contributed by atoms with E-state index >= 15 is 0 Å². The molecule has 11 heavy (non-hydrogen) atoms. The monoisotopic (exact) mass is 189 g/mol. The topological polar surface area (TPSA) is 12.0 Å². The van der Waals surface area contributed by atoms with Crippen LogP contribution in [0.5, 0.6) is 0 Å². The first kappa shape index (κ1) is 9.04. The molecule has 1 heterocycles. The molecule has 1 nitrogen and oxygen atoms in total. The van der Waals surface area contributed by atoms with E-state index in [-0.39, 0.29) is 5.38 Å². The summed E-state index contributed by atoms with van der Waals surface area (Å²) in [5, 5.41) is 5.32. The van der Waals surface area contributed by atoms with Gasteiger partial charge in [0, 0.05) is 4.88 Å². The second-order valence-corrected chi connectivity index (χ2v) is 3.88. The summed E-state index contributed by atoms with van der Waals surface area (Å²) in [6.45, 7) is 0.978. The van der Waals surface area contributed by atoms with Crippen LogP contribution in [0, 0.1) is 0 Å². The second-order valence-electron chi connectivity index (χ2n) is 2.38. The molecule has 0 saturated carbocycles. The molecular formula is C8H12ClNS. The Morgan fingerprint density at radius 2 is 2.55 bits per heavy atom. The molecule has 0 saturated heterocycles. The minimum Gasteiger partial charge on any atom is -0.320 e. The van der Waals surface area contributed by atoms with Gasteiger partial charge in [0.1, 0.15) is 0 Å². The Morgan fingerprint density at radius 1 is 1.73 bits per heavy atom. The molecule has 0 radical (unpaired) electrons. The van der Waals surface area contributed by atoms with Crippen LogP contribution in [0.25, 0.3) is 0 Å². The third-order valence-corrected chi connectivity index (χ3v) is 3.07. The van der Waals surface area contributed by atoms with Gasteiger partial charge in [0.05, 0.1) is 5.38 Å². The quantitative estimate of drug-likeness (QED) is 0.719. The smallest absolute Gasteiger partial charge is 0.0690 e. The third-order valence-electron chi connectivity index (χ3n) is 1.50. The average Bonchev–Trinajstić information content (AvgIpc) is 2.52. The molecule has 0 bridgehead atoms. The summed E-state index contributed by atoms with van der Waals surface area (Å²) < 4.78 is 0. The fourth-order valence-corrected chi connectivity index (χ4v) is 1.96. The minimum absolute atomic E-state index is 0.183. The Kier molecular flexibility index (Phi) is 3.91. The fourth-order valence-electron chi connectivity index (χ4n) is 0.883. The highest BCUT2D eigenvalue weighted by Gasteiger charge is 2.06. The van der Waals surface area contributed by atoms with Crippen molar-refractivity contribution in [3.05, 3.63) is 22.4 Å². The van der Waals surface area contributed by atoms with Gasteiger partial charge in [-0.2, -0.15) is 0 Å². The van der Waals surface area contributed by atoms with Gasteiger partial charge in [0.25, 0.3) is 0 Å². The van der Waals surface area contributed by atoms with Crippen molar-refractivity contribution in [2.45, 2.75) is 11.8 Å². The highest BCUT2D eigenvalue weighted by molar-refractivity contribution is 7.10. The number of halogens is 1. The van der Waals surface area contributed by atoms with E-state index in [4.69, 9.17) is 11.6 Å². The first-order valence-corrected chi connectivity index (χ1v) is 4.98. The van der Waals surface area contributed by atoms with Gasteiger partial charge in [-0.3, -0.25) is 0 Å². The summed E-state index contributed by atoms with van der Waals surface area (Å²) in [7, 11) is 1.94. The van der Waals surface area contributed by atoms with Crippen molar-refractivity contribution in [1.29, 1.82) is 0 Å².